The number of aliphatic carboxylic acids is 1. The van der Waals surface area contributed by atoms with Gasteiger partial charge >= 0.3 is 5.97 Å². The highest BCUT2D eigenvalue weighted by Gasteiger charge is 2.27. The first-order chi connectivity index (χ1) is 16.5. The molecule has 1 amide bonds. The van der Waals surface area contributed by atoms with Gasteiger partial charge < -0.3 is 21.5 Å². The fourth-order valence-electron chi connectivity index (χ4n) is 3.13. The molecule has 2 aromatic rings. The van der Waals surface area contributed by atoms with E-state index in [1.807, 2.05) is 0 Å². The van der Waals surface area contributed by atoms with E-state index in [1.54, 1.807) is 49.4 Å². The van der Waals surface area contributed by atoms with Crippen LogP contribution in [-0.4, -0.2) is 62.7 Å². The van der Waals surface area contributed by atoms with Gasteiger partial charge in [0.05, 0.1) is 11.4 Å². The molecule has 1 atom stereocenters. The third kappa shape index (κ3) is 8.28. The molecule has 0 saturated carbocycles. The molecular weight excluding hydrogens is 474 g/mol. The van der Waals surface area contributed by atoms with Crippen molar-refractivity contribution in [3.8, 4) is 0 Å². The van der Waals surface area contributed by atoms with Crippen LogP contribution in [0.25, 0.3) is 0 Å². The quantitative estimate of drug-likeness (QED) is 0.0914. The minimum absolute atomic E-state index is 0.00937. The van der Waals surface area contributed by atoms with Gasteiger partial charge in [-0.2, -0.15) is 4.72 Å². The number of carbonyl (C=O) groups is 3. The first-order valence-corrected chi connectivity index (χ1v) is 12.3. The van der Waals surface area contributed by atoms with Crippen molar-refractivity contribution in [3.63, 3.8) is 0 Å². The number of Topliss-reactive ketones (excluding diaryl/α,β-unsaturated/α-hetero) is 1. The number of carboxylic acids is 1. The van der Waals surface area contributed by atoms with E-state index in [2.05, 4.69) is 15.4 Å². The number of amides is 1. The van der Waals surface area contributed by atoms with Gasteiger partial charge in [-0.1, -0.05) is 49.4 Å². The molecule has 0 bridgehead atoms. The SMILES string of the molecule is CCc1ccccc1S(=O)(=O)NC(CNC(=O)CCNCC(=O)c1ccc(C(=N)N)cc1)C(=O)O. The summed E-state index contributed by atoms with van der Waals surface area (Å²) in [6.07, 6.45) is 0.402. The van der Waals surface area contributed by atoms with E-state index in [0.29, 0.717) is 23.1 Å². The molecule has 7 N–H and O–H groups in total. The normalized spacial score (nSPS) is 12.0. The van der Waals surface area contributed by atoms with Gasteiger partial charge in [0, 0.05) is 30.6 Å². The number of nitrogen functional groups attached to an aromatic ring is 1. The van der Waals surface area contributed by atoms with Crippen LogP contribution in [0, 0.1) is 5.41 Å². The van der Waals surface area contributed by atoms with Crippen molar-refractivity contribution in [3.05, 3.63) is 65.2 Å². The summed E-state index contributed by atoms with van der Waals surface area (Å²) in [7, 11) is -4.11. The van der Waals surface area contributed by atoms with E-state index in [-0.39, 0.29) is 36.0 Å². The fourth-order valence-corrected chi connectivity index (χ4v) is 4.64. The Kier molecular flexibility index (Phi) is 10.1. The molecule has 11 nitrogen and oxygen atoms in total. The molecule has 0 spiro atoms. The lowest BCUT2D eigenvalue weighted by atomic mass is 10.1. The summed E-state index contributed by atoms with van der Waals surface area (Å²) in [6, 6.07) is 11.0. The topological polar surface area (TPSA) is 192 Å². The molecule has 0 aromatic heterocycles. The van der Waals surface area contributed by atoms with E-state index in [1.165, 1.54) is 6.07 Å². The average Bonchev–Trinajstić information content (AvgIpc) is 2.84. The van der Waals surface area contributed by atoms with Crippen molar-refractivity contribution < 1.29 is 27.9 Å². The largest absolute Gasteiger partial charge is 0.480 e. The molecule has 0 fully saturated rings. The van der Waals surface area contributed by atoms with Gasteiger partial charge in [0.2, 0.25) is 15.9 Å². The van der Waals surface area contributed by atoms with E-state index < -0.39 is 34.5 Å². The lowest BCUT2D eigenvalue weighted by molar-refractivity contribution is -0.138. The maximum atomic E-state index is 12.7. The summed E-state index contributed by atoms with van der Waals surface area (Å²) in [6.45, 7) is 1.47. The molecular formula is C23H29N5O6S. The summed E-state index contributed by atoms with van der Waals surface area (Å²) >= 11 is 0. The van der Waals surface area contributed by atoms with Crippen LogP contribution in [0.4, 0.5) is 0 Å². The molecule has 0 aliphatic heterocycles. The van der Waals surface area contributed by atoms with Gasteiger partial charge in [-0.25, -0.2) is 8.42 Å². The third-order valence-electron chi connectivity index (χ3n) is 5.07. The first-order valence-electron chi connectivity index (χ1n) is 10.8. The van der Waals surface area contributed by atoms with Crippen molar-refractivity contribution >= 4 is 33.5 Å². The number of carbonyl (C=O) groups excluding carboxylic acids is 2. The molecule has 2 rings (SSSR count). The van der Waals surface area contributed by atoms with Gasteiger partial charge in [0.15, 0.2) is 5.78 Å². The van der Waals surface area contributed by atoms with Crippen molar-refractivity contribution in [2.45, 2.75) is 30.7 Å². The third-order valence-corrected chi connectivity index (χ3v) is 6.65. The maximum Gasteiger partial charge on any atom is 0.323 e. The van der Waals surface area contributed by atoms with E-state index in [9.17, 15) is 27.9 Å². The number of benzene rings is 2. The van der Waals surface area contributed by atoms with Crippen LogP contribution >= 0.6 is 0 Å². The summed E-state index contributed by atoms with van der Waals surface area (Å²) in [5, 5.41) is 22.0. The van der Waals surface area contributed by atoms with Gasteiger partial charge in [0.1, 0.15) is 11.9 Å². The Labute approximate surface area is 203 Å². The van der Waals surface area contributed by atoms with E-state index in [0.717, 1.165) is 0 Å². The number of nitrogens with two attached hydrogens (primary N) is 1. The molecule has 0 aliphatic rings. The van der Waals surface area contributed by atoms with Crippen molar-refractivity contribution in [2.75, 3.05) is 19.6 Å². The molecule has 2 aromatic carbocycles. The van der Waals surface area contributed by atoms with Gasteiger partial charge in [0.25, 0.3) is 0 Å². The zero-order chi connectivity index (χ0) is 26.0. The second kappa shape index (κ2) is 12.7. The Balaban J connectivity index is 1.81. The highest BCUT2D eigenvalue weighted by atomic mass is 32.2. The number of aryl methyl sites for hydroxylation is 1. The number of hydrogen-bond acceptors (Lipinski definition) is 7. The van der Waals surface area contributed by atoms with Crippen LogP contribution in [0.1, 0.15) is 34.8 Å². The minimum atomic E-state index is -4.11. The Morgan fingerprint density at radius 3 is 2.29 bits per heavy atom. The molecule has 0 heterocycles. The number of rotatable bonds is 14. The Morgan fingerprint density at radius 1 is 1.06 bits per heavy atom. The predicted molar refractivity (Wildman–Crippen MR) is 130 cm³/mol. The molecule has 188 valence electrons. The summed E-state index contributed by atoms with van der Waals surface area (Å²) < 4.78 is 27.5. The Hall–Kier alpha value is -3.61. The smallest absolute Gasteiger partial charge is 0.323 e. The van der Waals surface area contributed by atoms with Crippen LogP contribution in [0.5, 0.6) is 0 Å². The van der Waals surface area contributed by atoms with Crippen LogP contribution in [0.2, 0.25) is 0 Å². The lowest BCUT2D eigenvalue weighted by Crippen LogP contribution is -2.48. The number of ketones is 1. The Bertz CT molecular complexity index is 1180. The summed E-state index contributed by atoms with van der Waals surface area (Å²) in [5.41, 5.74) is 6.85. The predicted octanol–water partition coefficient (Wildman–Crippen LogP) is 0.243. The summed E-state index contributed by atoms with van der Waals surface area (Å²) in [5.74, 6) is -2.25. The minimum Gasteiger partial charge on any atom is -0.480 e. The lowest BCUT2D eigenvalue weighted by Gasteiger charge is -2.17. The summed E-state index contributed by atoms with van der Waals surface area (Å²) in [4.78, 5) is 35.8. The fraction of sp³-hybridized carbons (Fsp3) is 0.304. The molecule has 12 heteroatoms. The number of nitrogens with one attached hydrogen (secondary N) is 4. The average molecular weight is 504 g/mol. The number of amidine groups is 1. The molecule has 1 unspecified atom stereocenters. The van der Waals surface area contributed by atoms with E-state index in [4.69, 9.17) is 11.1 Å². The Morgan fingerprint density at radius 2 is 1.69 bits per heavy atom. The zero-order valence-electron chi connectivity index (χ0n) is 19.2. The van der Waals surface area contributed by atoms with Crippen LogP contribution < -0.4 is 21.1 Å². The van der Waals surface area contributed by atoms with Gasteiger partial charge in [-0.15, -0.1) is 0 Å². The van der Waals surface area contributed by atoms with E-state index >= 15 is 0 Å². The van der Waals surface area contributed by atoms with Crippen LogP contribution in [-0.2, 0) is 26.0 Å². The van der Waals surface area contributed by atoms with Gasteiger partial charge in [-0.05, 0) is 18.1 Å². The highest BCUT2D eigenvalue weighted by molar-refractivity contribution is 7.89. The standard InChI is InChI=1S/C23H29N5O6S/c1-2-15-5-3-4-6-20(15)35(33,34)28-18(23(31)32)13-27-21(30)11-12-26-14-19(29)16-7-9-17(10-8-16)22(24)25/h3-10,18,26,28H,2,11-14H2,1H3,(H3,24,25)(H,27,30)(H,31,32). The van der Waals surface area contributed by atoms with Crippen molar-refractivity contribution in [1.29, 1.82) is 5.41 Å². The second-order valence-corrected chi connectivity index (χ2v) is 9.30. The molecule has 0 radical (unpaired) electrons. The first kappa shape index (κ1) is 27.6. The van der Waals surface area contributed by atoms with Crippen LogP contribution in [0.15, 0.2) is 53.4 Å². The van der Waals surface area contributed by atoms with Crippen LogP contribution in [0.3, 0.4) is 0 Å². The number of hydrogen-bond donors (Lipinski definition) is 6. The molecule has 0 aliphatic carbocycles. The second-order valence-electron chi connectivity index (χ2n) is 7.62. The monoisotopic (exact) mass is 503 g/mol. The number of carboxylic acid groups (broad SMARTS) is 1. The zero-order valence-corrected chi connectivity index (χ0v) is 20.0. The highest BCUT2D eigenvalue weighted by Crippen LogP contribution is 2.16. The van der Waals surface area contributed by atoms with Crippen molar-refractivity contribution in [1.82, 2.24) is 15.4 Å². The van der Waals surface area contributed by atoms with Gasteiger partial charge in [-0.3, -0.25) is 19.8 Å². The van der Waals surface area contributed by atoms with Crippen molar-refractivity contribution in [2.24, 2.45) is 5.73 Å². The molecule has 0 saturated heterocycles. The number of sulfonamides is 1. The molecule has 35 heavy (non-hydrogen) atoms. The maximum absolute atomic E-state index is 12.7.